The highest BCUT2D eigenvalue weighted by atomic mass is 16.4. The molecular formula is C13H21N3O5. The van der Waals surface area contributed by atoms with Gasteiger partial charge in [0.25, 0.3) is 5.91 Å². The van der Waals surface area contributed by atoms with Crippen molar-refractivity contribution >= 4 is 23.8 Å². The van der Waals surface area contributed by atoms with Gasteiger partial charge in [-0.25, -0.2) is 4.79 Å². The average Bonchev–Trinajstić information content (AvgIpc) is 2.56. The number of nitrogens with one attached hydrogen (secondary N) is 2. The molecule has 0 spiro atoms. The van der Waals surface area contributed by atoms with E-state index in [-0.39, 0.29) is 25.4 Å². The van der Waals surface area contributed by atoms with Crippen molar-refractivity contribution in [2.24, 2.45) is 5.92 Å². The van der Waals surface area contributed by atoms with Gasteiger partial charge in [0.2, 0.25) is 5.91 Å². The minimum Gasteiger partial charge on any atom is -0.481 e. The minimum atomic E-state index is -1.01. The van der Waals surface area contributed by atoms with Crippen LogP contribution in [0.4, 0.5) is 4.79 Å². The third kappa shape index (κ3) is 4.44. The lowest BCUT2D eigenvalue weighted by atomic mass is 10.0. The number of rotatable bonds is 7. The van der Waals surface area contributed by atoms with E-state index in [1.165, 1.54) is 0 Å². The smallest absolute Gasteiger partial charge is 0.325 e. The highest BCUT2D eigenvalue weighted by Gasteiger charge is 2.44. The number of carbonyl (C=O) groups excluding carboxylic acids is 3. The number of amides is 4. The number of hydrogen-bond donors (Lipinski definition) is 3. The molecule has 3 N–H and O–H groups in total. The van der Waals surface area contributed by atoms with E-state index in [1.54, 1.807) is 13.8 Å². The molecule has 0 aromatic carbocycles. The van der Waals surface area contributed by atoms with Crippen LogP contribution in [0.3, 0.4) is 0 Å². The molecule has 1 aliphatic rings. The summed E-state index contributed by atoms with van der Waals surface area (Å²) < 4.78 is 0. The lowest BCUT2D eigenvalue weighted by Gasteiger charge is -2.17. The molecule has 1 fully saturated rings. The van der Waals surface area contributed by atoms with E-state index in [1.807, 2.05) is 6.92 Å². The van der Waals surface area contributed by atoms with Gasteiger partial charge in [-0.1, -0.05) is 13.3 Å². The van der Waals surface area contributed by atoms with E-state index >= 15 is 0 Å². The fourth-order valence-corrected chi connectivity index (χ4v) is 2.03. The van der Waals surface area contributed by atoms with E-state index in [0.717, 1.165) is 4.90 Å². The van der Waals surface area contributed by atoms with E-state index in [0.29, 0.717) is 6.42 Å². The van der Waals surface area contributed by atoms with Gasteiger partial charge in [-0.15, -0.1) is 0 Å². The Bertz CT molecular complexity index is 461. The number of urea groups is 1. The van der Waals surface area contributed by atoms with Gasteiger partial charge in [0.05, 0.1) is 0 Å². The van der Waals surface area contributed by atoms with E-state index in [2.05, 4.69) is 10.6 Å². The zero-order valence-electron chi connectivity index (χ0n) is 12.4. The van der Waals surface area contributed by atoms with Gasteiger partial charge in [-0.2, -0.15) is 0 Å². The van der Waals surface area contributed by atoms with Crippen LogP contribution < -0.4 is 10.6 Å². The number of carbonyl (C=O) groups is 4. The van der Waals surface area contributed by atoms with Crippen molar-refractivity contribution in [3.8, 4) is 0 Å². The molecule has 8 nitrogen and oxygen atoms in total. The third-order valence-corrected chi connectivity index (χ3v) is 3.37. The predicted molar refractivity (Wildman–Crippen MR) is 73.4 cm³/mol. The first-order chi connectivity index (χ1) is 9.67. The first-order valence-corrected chi connectivity index (χ1v) is 6.80. The van der Waals surface area contributed by atoms with E-state index in [9.17, 15) is 19.2 Å². The van der Waals surface area contributed by atoms with Crippen molar-refractivity contribution in [2.45, 2.75) is 39.2 Å². The average molecular weight is 299 g/mol. The molecule has 4 amide bonds. The molecule has 1 saturated heterocycles. The molecule has 21 heavy (non-hydrogen) atoms. The van der Waals surface area contributed by atoms with Crippen LogP contribution in [0.15, 0.2) is 0 Å². The predicted octanol–water partition coefficient (Wildman–Crippen LogP) is -0.0661. The molecule has 0 radical (unpaired) electrons. The van der Waals surface area contributed by atoms with Crippen LogP contribution in [0.5, 0.6) is 0 Å². The van der Waals surface area contributed by atoms with Gasteiger partial charge < -0.3 is 15.7 Å². The first kappa shape index (κ1) is 16.9. The van der Waals surface area contributed by atoms with Crippen molar-refractivity contribution in [2.75, 3.05) is 13.1 Å². The molecule has 0 aromatic heterocycles. The number of carboxylic acid groups (broad SMARTS) is 1. The van der Waals surface area contributed by atoms with Gasteiger partial charge in [-0.3, -0.25) is 19.3 Å². The van der Waals surface area contributed by atoms with Crippen LogP contribution in [-0.2, 0) is 14.4 Å². The van der Waals surface area contributed by atoms with Crippen LogP contribution in [0, 0.1) is 5.92 Å². The monoisotopic (exact) mass is 299 g/mol. The zero-order chi connectivity index (χ0) is 16.2. The van der Waals surface area contributed by atoms with Crippen molar-refractivity contribution in [3.63, 3.8) is 0 Å². The van der Waals surface area contributed by atoms with Crippen molar-refractivity contribution in [1.82, 2.24) is 15.5 Å². The summed E-state index contributed by atoms with van der Waals surface area (Å²) in [6.07, 6.45) is 0.579. The summed E-state index contributed by atoms with van der Waals surface area (Å²) in [6, 6.07) is -0.599. The van der Waals surface area contributed by atoms with Gasteiger partial charge in [0, 0.05) is 13.0 Å². The number of imide groups is 1. The van der Waals surface area contributed by atoms with Crippen LogP contribution in [-0.4, -0.2) is 52.4 Å². The molecule has 0 aliphatic carbocycles. The van der Waals surface area contributed by atoms with Crippen LogP contribution >= 0.6 is 0 Å². The summed E-state index contributed by atoms with van der Waals surface area (Å²) in [6.45, 7) is 4.79. The topological polar surface area (TPSA) is 116 Å². The Morgan fingerprint density at radius 1 is 1.38 bits per heavy atom. The number of hydrogen-bond acceptors (Lipinski definition) is 4. The second kappa shape index (κ2) is 6.55. The second-order valence-corrected chi connectivity index (χ2v) is 5.62. The number of carboxylic acids is 1. The molecule has 0 bridgehead atoms. The van der Waals surface area contributed by atoms with Gasteiger partial charge in [-0.05, 0) is 19.8 Å². The Morgan fingerprint density at radius 3 is 2.43 bits per heavy atom. The normalized spacial score (nSPS) is 18.3. The summed E-state index contributed by atoms with van der Waals surface area (Å²) in [7, 11) is 0. The standard InChI is InChI=1S/C13H21N3O5/c1-4-8(5-10(18)19)6-14-9(17)7-16-11(20)13(2,3)15-12(16)21/h8H,4-7H2,1-3H3,(H,14,17)(H,15,21)(H,18,19). The Labute approximate surface area is 122 Å². The fourth-order valence-electron chi connectivity index (χ4n) is 2.03. The fraction of sp³-hybridized carbons (Fsp3) is 0.692. The molecule has 1 unspecified atom stereocenters. The van der Waals surface area contributed by atoms with Gasteiger partial charge >= 0.3 is 12.0 Å². The van der Waals surface area contributed by atoms with Crippen molar-refractivity contribution in [3.05, 3.63) is 0 Å². The van der Waals surface area contributed by atoms with Crippen LogP contribution in [0.1, 0.15) is 33.6 Å². The Hall–Kier alpha value is -2.12. The number of nitrogens with zero attached hydrogens (tertiary/aromatic N) is 1. The minimum absolute atomic E-state index is 0.0348. The third-order valence-electron chi connectivity index (χ3n) is 3.37. The summed E-state index contributed by atoms with van der Waals surface area (Å²) in [4.78, 5) is 46.8. The number of aliphatic carboxylic acids is 1. The van der Waals surface area contributed by atoms with Crippen LogP contribution in [0.2, 0.25) is 0 Å². The first-order valence-electron chi connectivity index (χ1n) is 6.80. The largest absolute Gasteiger partial charge is 0.481 e. The molecule has 8 heteroatoms. The zero-order valence-corrected chi connectivity index (χ0v) is 12.4. The lowest BCUT2D eigenvalue weighted by Crippen LogP contribution is -2.44. The van der Waals surface area contributed by atoms with Crippen LogP contribution in [0.25, 0.3) is 0 Å². The molecule has 1 atom stereocenters. The molecule has 1 rings (SSSR count). The molecule has 0 saturated carbocycles. The summed E-state index contributed by atoms with van der Waals surface area (Å²) in [5.74, 6) is -2.04. The summed E-state index contributed by atoms with van der Waals surface area (Å²) >= 11 is 0. The van der Waals surface area contributed by atoms with Crippen molar-refractivity contribution in [1.29, 1.82) is 0 Å². The highest BCUT2D eigenvalue weighted by Crippen LogP contribution is 2.16. The molecule has 1 heterocycles. The van der Waals surface area contributed by atoms with E-state index in [4.69, 9.17) is 5.11 Å². The molecule has 0 aromatic rings. The van der Waals surface area contributed by atoms with Crippen molar-refractivity contribution < 1.29 is 24.3 Å². The van der Waals surface area contributed by atoms with Gasteiger partial charge in [0.1, 0.15) is 12.1 Å². The maximum Gasteiger partial charge on any atom is 0.325 e. The molecular weight excluding hydrogens is 278 g/mol. The van der Waals surface area contributed by atoms with Gasteiger partial charge in [0.15, 0.2) is 0 Å². The highest BCUT2D eigenvalue weighted by molar-refractivity contribution is 6.08. The molecule has 118 valence electrons. The Balaban J connectivity index is 2.49. The SMILES string of the molecule is CCC(CNC(=O)CN1C(=O)NC(C)(C)C1=O)CC(=O)O. The maximum absolute atomic E-state index is 11.9. The summed E-state index contributed by atoms with van der Waals surface area (Å²) in [5, 5.41) is 13.8. The Morgan fingerprint density at radius 2 is 2.00 bits per heavy atom. The summed E-state index contributed by atoms with van der Waals surface area (Å²) in [5.41, 5.74) is -1.01. The maximum atomic E-state index is 11.9. The molecule has 1 aliphatic heterocycles. The van der Waals surface area contributed by atoms with E-state index < -0.39 is 29.4 Å². The second-order valence-electron chi connectivity index (χ2n) is 5.62. The lowest BCUT2D eigenvalue weighted by molar-refractivity contribution is -0.138. The Kier molecular flexibility index (Phi) is 5.28. The quantitative estimate of drug-likeness (QED) is 0.569.